The Morgan fingerprint density at radius 2 is 2.28 bits per heavy atom. The molecule has 1 aromatic rings. The molecule has 1 aromatic heterocycles. The van der Waals surface area contributed by atoms with Gasteiger partial charge < -0.3 is 15.0 Å². The number of rotatable bonds is 6. The van der Waals surface area contributed by atoms with Gasteiger partial charge in [0.1, 0.15) is 5.69 Å². The molecule has 0 saturated heterocycles. The van der Waals surface area contributed by atoms with Gasteiger partial charge in [-0.3, -0.25) is 4.79 Å². The highest BCUT2D eigenvalue weighted by molar-refractivity contribution is 5.93. The minimum Gasteiger partial charge on any atom is -0.394 e. The fourth-order valence-corrected chi connectivity index (χ4v) is 1.51. The zero-order valence-electron chi connectivity index (χ0n) is 10.5. The molecule has 0 radical (unpaired) electrons. The SMILES string of the molecule is CCC(C)(CO)NC(=O)c1cccn1CC(F)F. The van der Waals surface area contributed by atoms with Crippen LogP contribution >= 0.6 is 0 Å². The number of aliphatic hydroxyl groups excluding tert-OH is 1. The molecular formula is C12H18F2N2O2. The molecule has 1 atom stereocenters. The first-order chi connectivity index (χ1) is 8.41. The van der Waals surface area contributed by atoms with E-state index in [4.69, 9.17) is 0 Å². The highest BCUT2D eigenvalue weighted by atomic mass is 19.3. The second kappa shape index (κ2) is 5.95. The van der Waals surface area contributed by atoms with Gasteiger partial charge in [0.25, 0.3) is 12.3 Å². The van der Waals surface area contributed by atoms with Crippen LogP contribution in [0.15, 0.2) is 18.3 Å². The van der Waals surface area contributed by atoms with E-state index < -0.39 is 24.4 Å². The van der Waals surface area contributed by atoms with Crippen molar-refractivity contribution in [3.8, 4) is 0 Å². The number of carbonyl (C=O) groups is 1. The molecule has 0 aliphatic carbocycles. The van der Waals surface area contributed by atoms with Gasteiger partial charge >= 0.3 is 0 Å². The smallest absolute Gasteiger partial charge is 0.268 e. The topological polar surface area (TPSA) is 54.3 Å². The minimum absolute atomic E-state index is 0.170. The predicted octanol–water partition coefficient (Wildman–Crippen LogP) is 1.64. The molecule has 6 heteroatoms. The molecule has 4 nitrogen and oxygen atoms in total. The lowest BCUT2D eigenvalue weighted by Crippen LogP contribution is -2.48. The van der Waals surface area contributed by atoms with Gasteiger partial charge in [0, 0.05) is 6.20 Å². The number of carbonyl (C=O) groups excluding carboxylic acids is 1. The van der Waals surface area contributed by atoms with Crippen LogP contribution < -0.4 is 5.32 Å². The zero-order chi connectivity index (χ0) is 13.8. The van der Waals surface area contributed by atoms with Crippen LogP contribution in [0.2, 0.25) is 0 Å². The maximum atomic E-state index is 12.3. The molecule has 1 amide bonds. The van der Waals surface area contributed by atoms with Gasteiger partial charge in [-0.1, -0.05) is 6.92 Å². The normalized spacial score (nSPS) is 14.6. The van der Waals surface area contributed by atoms with Crippen molar-refractivity contribution < 1.29 is 18.7 Å². The third-order valence-corrected chi connectivity index (χ3v) is 2.94. The second-order valence-corrected chi connectivity index (χ2v) is 4.46. The average Bonchev–Trinajstić information content (AvgIpc) is 2.76. The van der Waals surface area contributed by atoms with Crippen molar-refractivity contribution in [2.45, 2.75) is 38.8 Å². The van der Waals surface area contributed by atoms with Crippen molar-refractivity contribution in [1.82, 2.24) is 9.88 Å². The van der Waals surface area contributed by atoms with E-state index in [0.717, 1.165) is 0 Å². The number of alkyl halides is 2. The number of halogens is 2. The Labute approximate surface area is 105 Å². The molecule has 2 N–H and O–H groups in total. The number of aliphatic hydroxyl groups is 1. The molecule has 102 valence electrons. The third kappa shape index (κ3) is 3.53. The summed E-state index contributed by atoms with van der Waals surface area (Å²) in [5, 5.41) is 11.9. The molecule has 0 bridgehead atoms. The van der Waals surface area contributed by atoms with Crippen LogP contribution in [0.1, 0.15) is 30.8 Å². The van der Waals surface area contributed by atoms with Crippen LogP contribution in [0, 0.1) is 0 Å². The van der Waals surface area contributed by atoms with Gasteiger partial charge in [0.05, 0.1) is 18.7 Å². The number of nitrogens with one attached hydrogen (secondary N) is 1. The quantitative estimate of drug-likeness (QED) is 0.817. The van der Waals surface area contributed by atoms with E-state index in [1.807, 2.05) is 6.92 Å². The Bertz CT molecular complexity index is 401. The number of nitrogens with zero attached hydrogens (tertiary/aromatic N) is 1. The van der Waals surface area contributed by atoms with E-state index in [1.165, 1.54) is 16.8 Å². The summed E-state index contributed by atoms with van der Waals surface area (Å²) in [7, 11) is 0. The summed E-state index contributed by atoms with van der Waals surface area (Å²) in [4.78, 5) is 12.0. The zero-order valence-corrected chi connectivity index (χ0v) is 10.5. The molecule has 18 heavy (non-hydrogen) atoms. The summed E-state index contributed by atoms with van der Waals surface area (Å²) < 4.78 is 25.8. The molecule has 0 fully saturated rings. The van der Waals surface area contributed by atoms with E-state index in [2.05, 4.69) is 5.32 Å². The van der Waals surface area contributed by atoms with Crippen LogP contribution in [-0.4, -0.2) is 34.2 Å². The molecule has 0 aliphatic heterocycles. The van der Waals surface area contributed by atoms with Gasteiger partial charge in [0.2, 0.25) is 0 Å². The van der Waals surface area contributed by atoms with Gasteiger partial charge in [-0.25, -0.2) is 8.78 Å². The molecule has 1 unspecified atom stereocenters. The van der Waals surface area contributed by atoms with E-state index in [1.54, 1.807) is 13.0 Å². The van der Waals surface area contributed by atoms with E-state index in [0.29, 0.717) is 6.42 Å². The van der Waals surface area contributed by atoms with Crippen molar-refractivity contribution in [2.75, 3.05) is 6.61 Å². The van der Waals surface area contributed by atoms with Crippen molar-refractivity contribution in [3.05, 3.63) is 24.0 Å². The van der Waals surface area contributed by atoms with Gasteiger partial charge in [0.15, 0.2) is 0 Å². The summed E-state index contributed by atoms with van der Waals surface area (Å²) in [6.45, 7) is 2.81. The molecule has 0 aromatic carbocycles. The van der Waals surface area contributed by atoms with Crippen LogP contribution in [0.25, 0.3) is 0 Å². The molecular weight excluding hydrogens is 242 g/mol. The molecule has 1 heterocycles. The van der Waals surface area contributed by atoms with Gasteiger partial charge in [-0.05, 0) is 25.5 Å². The van der Waals surface area contributed by atoms with Crippen LogP contribution in [0.5, 0.6) is 0 Å². The van der Waals surface area contributed by atoms with E-state index in [-0.39, 0.29) is 12.3 Å². The van der Waals surface area contributed by atoms with Crippen LogP contribution in [0.3, 0.4) is 0 Å². The fourth-order valence-electron chi connectivity index (χ4n) is 1.51. The largest absolute Gasteiger partial charge is 0.394 e. The number of hydrogen-bond acceptors (Lipinski definition) is 2. The summed E-state index contributed by atoms with van der Waals surface area (Å²) in [5.41, 5.74) is -0.569. The van der Waals surface area contributed by atoms with Crippen LogP contribution in [-0.2, 0) is 6.54 Å². The van der Waals surface area contributed by atoms with Crippen LogP contribution in [0.4, 0.5) is 8.78 Å². The lowest BCUT2D eigenvalue weighted by molar-refractivity contribution is 0.0827. The Kier molecular flexibility index (Phi) is 4.84. The summed E-state index contributed by atoms with van der Waals surface area (Å²) in [5.74, 6) is -0.459. The first-order valence-electron chi connectivity index (χ1n) is 5.78. The maximum absolute atomic E-state index is 12.3. The van der Waals surface area contributed by atoms with Gasteiger partial charge in [-0.15, -0.1) is 0 Å². The lowest BCUT2D eigenvalue weighted by Gasteiger charge is -2.27. The maximum Gasteiger partial charge on any atom is 0.268 e. The van der Waals surface area contributed by atoms with Gasteiger partial charge in [-0.2, -0.15) is 0 Å². The van der Waals surface area contributed by atoms with Crippen molar-refractivity contribution in [2.24, 2.45) is 0 Å². The molecule has 0 saturated carbocycles. The number of aromatic nitrogens is 1. The summed E-state index contributed by atoms with van der Waals surface area (Å²) in [6.07, 6.45) is -0.534. The third-order valence-electron chi connectivity index (χ3n) is 2.94. The average molecular weight is 260 g/mol. The lowest BCUT2D eigenvalue weighted by atomic mass is 10.00. The Morgan fingerprint density at radius 1 is 1.61 bits per heavy atom. The van der Waals surface area contributed by atoms with E-state index >= 15 is 0 Å². The van der Waals surface area contributed by atoms with Crippen molar-refractivity contribution in [1.29, 1.82) is 0 Å². The first-order valence-corrected chi connectivity index (χ1v) is 5.78. The fraction of sp³-hybridized carbons (Fsp3) is 0.583. The number of amides is 1. The highest BCUT2D eigenvalue weighted by Crippen LogP contribution is 2.11. The monoisotopic (exact) mass is 260 g/mol. The Hall–Kier alpha value is -1.43. The second-order valence-electron chi connectivity index (χ2n) is 4.46. The van der Waals surface area contributed by atoms with E-state index in [9.17, 15) is 18.7 Å². The first kappa shape index (κ1) is 14.6. The summed E-state index contributed by atoms with van der Waals surface area (Å²) >= 11 is 0. The Balaban J connectivity index is 2.81. The minimum atomic E-state index is -2.51. The summed E-state index contributed by atoms with van der Waals surface area (Å²) in [6, 6.07) is 3.02. The standard InChI is InChI=1S/C12H18F2N2O2/c1-3-12(2,8-17)15-11(18)9-5-4-6-16(9)7-10(13)14/h4-6,10,17H,3,7-8H2,1-2H3,(H,15,18). The highest BCUT2D eigenvalue weighted by Gasteiger charge is 2.25. The Morgan fingerprint density at radius 3 is 2.78 bits per heavy atom. The predicted molar refractivity (Wildman–Crippen MR) is 63.7 cm³/mol. The molecule has 0 spiro atoms. The van der Waals surface area contributed by atoms with Crippen molar-refractivity contribution >= 4 is 5.91 Å². The molecule has 1 rings (SSSR count). The molecule has 0 aliphatic rings. The number of hydrogen-bond donors (Lipinski definition) is 2. The van der Waals surface area contributed by atoms with Crippen molar-refractivity contribution in [3.63, 3.8) is 0 Å².